The summed E-state index contributed by atoms with van der Waals surface area (Å²) in [4.78, 5) is 33.2. The summed E-state index contributed by atoms with van der Waals surface area (Å²) in [5.41, 5.74) is 0.553. The van der Waals surface area contributed by atoms with Gasteiger partial charge in [0.25, 0.3) is 11.6 Å². The first-order valence-corrected chi connectivity index (χ1v) is 6.70. The zero-order valence-corrected chi connectivity index (χ0v) is 11.6. The molecule has 21 heavy (non-hydrogen) atoms. The van der Waals surface area contributed by atoms with Crippen LogP contribution in [-0.4, -0.2) is 21.9 Å². The van der Waals surface area contributed by atoms with Gasteiger partial charge in [0, 0.05) is 17.5 Å². The van der Waals surface area contributed by atoms with Crippen molar-refractivity contribution in [2.75, 3.05) is 5.32 Å². The third kappa shape index (κ3) is 3.06. The lowest BCUT2D eigenvalue weighted by Gasteiger charge is -2.08. The highest BCUT2D eigenvalue weighted by Gasteiger charge is 2.18. The molecular formula is C13H10N2O5S. The highest BCUT2D eigenvalue weighted by molar-refractivity contribution is 7.08. The Kier molecular flexibility index (Phi) is 3.99. The van der Waals surface area contributed by atoms with Crippen LogP contribution in [0.15, 0.2) is 29.0 Å². The Bertz CT molecular complexity index is 738. The third-order valence-electron chi connectivity index (χ3n) is 2.79. The highest BCUT2D eigenvalue weighted by atomic mass is 32.1. The van der Waals surface area contributed by atoms with E-state index < -0.39 is 16.8 Å². The largest absolute Gasteiger partial charge is 0.478 e. The van der Waals surface area contributed by atoms with Gasteiger partial charge in [-0.2, -0.15) is 11.3 Å². The third-order valence-corrected chi connectivity index (χ3v) is 3.65. The minimum Gasteiger partial charge on any atom is -0.478 e. The average molecular weight is 306 g/mol. The minimum absolute atomic E-state index is 0.0173. The monoisotopic (exact) mass is 306 g/mol. The number of non-ortho nitro benzene ring substituents is 1. The molecule has 0 fully saturated rings. The van der Waals surface area contributed by atoms with Crippen molar-refractivity contribution in [1.29, 1.82) is 0 Å². The first-order valence-electron chi connectivity index (χ1n) is 5.76. The summed E-state index contributed by atoms with van der Waals surface area (Å²) >= 11 is 1.36. The van der Waals surface area contributed by atoms with Crippen molar-refractivity contribution in [3.63, 3.8) is 0 Å². The summed E-state index contributed by atoms with van der Waals surface area (Å²) < 4.78 is 0. The van der Waals surface area contributed by atoms with Crippen molar-refractivity contribution in [1.82, 2.24) is 0 Å². The fourth-order valence-electron chi connectivity index (χ4n) is 1.71. The first-order chi connectivity index (χ1) is 9.90. The Balaban J connectivity index is 2.36. The molecule has 1 heterocycles. The van der Waals surface area contributed by atoms with E-state index in [1.807, 2.05) is 0 Å². The molecule has 7 nitrogen and oxygen atoms in total. The molecule has 1 amide bonds. The number of nitro benzene ring substituents is 1. The lowest BCUT2D eigenvalue weighted by Crippen LogP contribution is -2.15. The van der Waals surface area contributed by atoms with E-state index in [1.54, 1.807) is 17.7 Å². The maximum atomic E-state index is 12.1. The van der Waals surface area contributed by atoms with E-state index in [-0.39, 0.29) is 16.9 Å². The van der Waals surface area contributed by atoms with Gasteiger partial charge in [0.15, 0.2) is 0 Å². The van der Waals surface area contributed by atoms with Crippen molar-refractivity contribution < 1.29 is 19.6 Å². The Morgan fingerprint density at radius 1 is 1.29 bits per heavy atom. The first kappa shape index (κ1) is 14.7. The Hall–Kier alpha value is -2.74. The lowest BCUT2D eigenvalue weighted by atomic mass is 10.1. The normalized spacial score (nSPS) is 10.1. The number of aromatic carboxylic acids is 1. The minimum atomic E-state index is -1.35. The fraction of sp³-hybridized carbons (Fsp3) is 0.0769. The van der Waals surface area contributed by atoms with E-state index in [9.17, 15) is 19.7 Å². The maximum Gasteiger partial charge on any atom is 0.338 e. The molecule has 0 aliphatic rings. The number of amides is 1. The number of carbonyl (C=O) groups excluding carboxylic acids is 1. The summed E-state index contributed by atoms with van der Waals surface area (Å²) in [6.07, 6.45) is 0. The van der Waals surface area contributed by atoms with Gasteiger partial charge < -0.3 is 10.4 Å². The number of thiophene rings is 1. The van der Waals surface area contributed by atoms with Gasteiger partial charge in [0.05, 0.1) is 21.7 Å². The van der Waals surface area contributed by atoms with E-state index in [1.165, 1.54) is 17.4 Å². The van der Waals surface area contributed by atoms with Gasteiger partial charge in [-0.25, -0.2) is 4.79 Å². The van der Waals surface area contributed by atoms with Crippen LogP contribution in [0.5, 0.6) is 0 Å². The van der Waals surface area contributed by atoms with Crippen LogP contribution in [0.25, 0.3) is 0 Å². The van der Waals surface area contributed by atoms with Crippen molar-refractivity contribution in [2.24, 2.45) is 0 Å². The second kappa shape index (κ2) is 5.71. The van der Waals surface area contributed by atoms with E-state index in [0.717, 1.165) is 17.7 Å². The molecule has 2 rings (SSSR count). The number of nitrogens with zero attached hydrogens (tertiary/aromatic N) is 1. The van der Waals surface area contributed by atoms with Crippen LogP contribution in [0.4, 0.5) is 11.4 Å². The zero-order valence-electron chi connectivity index (χ0n) is 10.8. The molecule has 0 saturated heterocycles. The van der Waals surface area contributed by atoms with Gasteiger partial charge >= 0.3 is 5.97 Å². The molecule has 2 N–H and O–H groups in total. The van der Waals surface area contributed by atoms with Gasteiger partial charge in [0.1, 0.15) is 0 Å². The quantitative estimate of drug-likeness (QED) is 0.666. The number of nitro groups is 1. The molecule has 0 bridgehead atoms. The van der Waals surface area contributed by atoms with Gasteiger partial charge in [-0.1, -0.05) is 0 Å². The summed E-state index contributed by atoms with van der Waals surface area (Å²) in [6, 6.07) is 3.27. The second-order valence-corrected chi connectivity index (χ2v) is 4.96. The molecule has 0 radical (unpaired) electrons. The topological polar surface area (TPSA) is 110 Å². The predicted molar refractivity (Wildman–Crippen MR) is 77.1 cm³/mol. The Morgan fingerprint density at radius 3 is 2.52 bits per heavy atom. The molecule has 0 aliphatic carbocycles. The summed E-state index contributed by atoms with van der Waals surface area (Å²) in [6.45, 7) is 1.76. The van der Waals surface area contributed by atoms with Crippen LogP contribution in [0.3, 0.4) is 0 Å². The Morgan fingerprint density at radius 2 is 2.00 bits per heavy atom. The smallest absolute Gasteiger partial charge is 0.338 e. The van der Waals surface area contributed by atoms with E-state index >= 15 is 0 Å². The number of hydrogen-bond acceptors (Lipinski definition) is 5. The number of anilines is 1. The molecule has 0 aliphatic heterocycles. The van der Waals surface area contributed by atoms with Crippen molar-refractivity contribution >= 4 is 34.6 Å². The molecule has 8 heteroatoms. The second-order valence-electron chi connectivity index (χ2n) is 4.21. The molecule has 2 aromatic rings. The summed E-state index contributed by atoms with van der Waals surface area (Å²) in [7, 11) is 0. The summed E-state index contributed by atoms with van der Waals surface area (Å²) in [5.74, 6) is -1.80. The number of nitrogens with one attached hydrogen (secondary N) is 1. The van der Waals surface area contributed by atoms with Gasteiger partial charge in [-0.05, 0) is 23.9 Å². The van der Waals surface area contributed by atoms with Crippen LogP contribution in [0.1, 0.15) is 26.3 Å². The molecule has 108 valence electrons. The fourth-order valence-corrected chi connectivity index (χ4v) is 2.54. The van der Waals surface area contributed by atoms with Gasteiger partial charge in [-0.15, -0.1) is 0 Å². The van der Waals surface area contributed by atoms with Crippen LogP contribution in [0, 0.1) is 17.0 Å². The predicted octanol–water partition coefficient (Wildman–Crippen LogP) is 2.92. The summed E-state index contributed by atoms with van der Waals surface area (Å²) in [5, 5.41) is 25.7. The zero-order chi connectivity index (χ0) is 15.6. The maximum absolute atomic E-state index is 12.1. The number of aryl methyl sites for hydroxylation is 1. The number of carboxylic acids is 1. The molecular weight excluding hydrogens is 296 g/mol. The SMILES string of the molecule is Cc1cscc1C(=O)Nc1ccc([N+](=O)[O-])cc1C(=O)O. The number of carbonyl (C=O) groups is 2. The molecule has 1 aromatic heterocycles. The lowest BCUT2D eigenvalue weighted by molar-refractivity contribution is -0.384. The van der Waals surface area contributed by atoms with Crippen LogP contribution >= 0.6 is 11.3 Å². The number of carboxylic acid groups (broad SMARTS) is 1. The number of benzene rings is 1. The van der Waals surface area contributed by atoms with E-state index in [2.05, 4.69) is 5.32 Å². The van der Waals surface area contributed by atoms with Crippen molar-refractivity contribution in [3.05, 3.63) is 55.8 Å². The van der Waals surface area contributed by atoms with E-state index in [0.29, 0.717) is 5.56 Å². The molecule has 1 aromatic carbocycles. The van der Waals surface area contributed by atoms with Crippen LogP contribution < -0.4 is 5.32 Å². The van der Waals surface area contributed by atoms with Crippen LogP contribution in [-0.2, 0) is 0 Å². The van der Waals surface area contributed by atoms with Gasteiger partial charge in [-0.3, -0.25) is 14.9 Å². The number of hydrogen-bond donors (Lipinski definition) is 2. The van der Waals surface area contributed by atoms with E-state index in [4.69, 9.17) is 5.11 Å². The molecule has 0 spiro atoms. The van der Waals surface area contributed by atoms with Crippen LogP contribution in [0.2, 0.25) is 0 Å². The van der Waals surface area contributed by atoms with Crippen molar-refractivity contribution in [2.45, 2.75) is 6.92 Å². The molecule has 0 unspecified atom stereocenters. The molecule has 0 saturated carbocycles. The Labute approximate surface area is 123 Å². The molecule has 0 atom stereocenters. The average Bonchev–Trinajstić information content (AvgIpc) is 2.85. The number of rotatable bonds is 4. The standard InChI is InChI=1S/C13H10N2O5S/c1-7-5-21-6-10(7)12(16)14-11-3-2-8(15(19)20)4-9(11)13(17)18/h2-6H,1H3,(H,14,16)(H,17,18). The van der Waals surface area contributed by atoms with Crippen molar-refractivity contribution in [3.8, 4) is 0 Å². The van der Waals surface area contributed by atoms with Gasteiger partial charge in [0.2, 0.25) is 0 Å². The highest BCUT2D eigenvalue weighted by Crippen LogP contribution is 2.23.